The zero-order valence-corrected chi connectivity index (χ0v) is 14.4. The molecule has 1 amide bonds. The van der Waals surface area contributed by atoms with E-state index in [0.717, 1.165) is 24.3 Å². The number of nitrogens with zero attached hydrogens (tertiary/aromatic N) is 1. The van der Waals surface area contributed by atoms with E-state index in [9.17, 15) is 9.90 Å². The Balaban J connectivity index is 1.87. The predicted octanol–water partition coefficient (Wildman–Crippen LogP) is 2.74. The van der Waals surface area contributed by atoms with Crippen molar-refractivity contribution in [2.45, 2.75) is 51.1 Å². The van der Waals surface area contributed by atoms with Crippen molar-refractivity contribution in [3.63, 3.8) is 0 Å². The highest BCUT2D eigenvalue weighted by Gasteiger charge is 2.22. The van der Waals surface area contributed by atoms with Gasteiger partial charge in [-0.15, -0.1) is 0 Å². The third kappa shape index (κ3) is 5.63. The van der Waals surface area contributed by atoms with Crippen LogP contribution in [0.1, 0.15) is 50.6 Å². The van der Waals surface area contributed by atoms with Gasteiger partial charge in [0, 0.05) is 18.7 Å². The number of amides is 1. The number of likely N-dealkylation sites (N-methyl/N-ethyl adjacent to an activating group) is 1. The van der Waals surface area contributed by atoms with Crippen LogP contribution in [-0.2, 0) is 4.79 Å². The van der Waals surface area contributed by atoms with Crippen molar-refractivity contribution in [3.05, 3.63) is 35.9 Å². The first-order valence-corrected chi connectivity index (χ1v) is 8.75. The van der Waals surface area contributed by atoms with Gasteiger partial charge in [0.25, 0.3) is 0 Å². The van der Waals surface area contributed by atoms with Crippen LogP contribution in [-0.4, -0.2) is 42.2 Å². The molecule has 4 heteroatoms. The standard InChI is InChI=1S/C19H30N2O2/c1-15-8-10-17(11-9-15)20-19(23)14-21(2)18(12-13-22)16-6-4-3-5-7-16/h3-7,15,17-18,22H,8-14H2,1-2H3,(H,20,23). The average molecular weight is 318 g/mol. The molecule has 1 aliphatic rings. The summed E-state index contributed by atoms with van der Waals surface area (Å²) in [6.07, 6.45) is 5.23. The molecule has 0 aromatic heterocycles. The van der Waals surface area contributed by atoms with Gasteiger partial charge in [-0.2, -0.15) is 0 Å². The summed E-state index contributed by atoms with van der Waals surface area (Å²) in [7, 11) is 1.95. The van der Waals surface area contributed by atoms with Gasteiger partial charge in [-0.3, -0.25) is 9.69 Å². The molecular formula is C19H30N2O2. The monoisotopic (exact) mass is 318 g/mol. The highest BCUT2D eigenvalue weighted by atomic mass is 16.3. The zero-order chi connectivity index (χ0) is 16.7. The first-order chi connectivity index (χ1) is 11.1. The molecule has 0 spiro atoms. The van der Waals surface area contributed by atoms with Gasteiger partial charge in [0.05, 0.1) is 6.54 Å². The van der Waals surface area contributed by atoms with Crippen molar-refractivity contribution < 1.29 is 9.90 Å². The lowest BCUT2D eigenvalue weighted by Gasteiger charge is -2.30. The predicted molar refractivity (Wildman–Crippen MR) is 93.1 cm³/mol. The van der Waals surface area contributed by atoms with Gasteiger partial charge in [0.1, 0.15) is 0 Å². The Labute approximate surface area is 139 Å². The van der Waals surface area contributed by atoms with Crippen molar-refractivity contribution in [1.82, 2.24) is 10.2 Å². The molecule has 23 heavy (non-hydrogen) atoms. The summed E-state index contributed by atoms with van der Waals surface area (Å²) in [4.78, 5) is 14.4. The van der Waals surface area contributed by atoms with Gasteiger partial charge in [0.2, 0.25) is 5.91 Å². The molecule has 1 fully saturated rings. The fourth-order valence-electron chi connectivity index (χ4n) is 3.45. The second kappa shape index (κ2) is 9.04. The number of aliphatic hydroxyl groups is 1. The molecule has 0 saturated heterocycles. The van der Waals surface area contributed by atoms with Gasteiger partial charge in [-0.1, -0.05) is 37.3 Å². The molecule has 1 atom stereocenters. The quantitative estimate of drug-likeness (QED) is 0.813. The van der Waals surface area contributed by atoms with Crippen LogP contribution in [0.15, 0.2) is 30.3 Å². The van der Waals surface area contributed by atoms with E-state index in [4.69, 9.17) is 0 Å². The Morgan fingerprint density at radius 2 is 1.91 bits per heavy atom. The van der Waals surface area contributed by atoms with Crippen molar-refractivity contribution in [2.75, 3.05) is 20.2 Å². The summed E-state index contributed by atoms with van der Waals surface area (Å²) < 4.78 is 0. The summed E-state index contributed by atoms with van der Waals surface area (Å²) >= 11 is 0. The summed E-state index contributed by atoms with van der Waals surface area (Å²) in [5.74, 6) is 0.878. The van der Waals surface area contributed by atoms with E-state index in [1.54, 1.807) is 0 Å². The van der Waals surface area contributed by atoms with Crippen LogP contribution in [0.25, 0.3) is 0 Å². The molecule has 0 heterocycles. The number of rotatable bonds is 7. The molecule has 0 radical (unpaired) electrons. The van der Waals surface area contributed by atoms with E-state index in [2.05, 4.69) is 24.4 Å². The first-order valence-electron chi connectivity index (χ1n) is 8.75. The molecule has 128 valence electrons. The third-order valence-corrected chi connectivity index (χ3v) is 4.89. The topological polar surface area (TPSA) is 52.6 Å². The second-order valence-corrected chi connectivity index (χ2v) is 6.88. The Morgan fingerprint density at radius 3 is 2.52 bits per heavy atom. The number of carbonyl (C=O) groups is 1. The normalized spacial score (nSPS) is 22.8. The van der Waals surface area contributed by atoms with Crippen LogP contribution < -0.4 is 5.32 Å². The van der Waals surface area contributed by atoms with Gasteiger partial charge < -0.3 is 10.4 Å². The SMILES string of the molecule is CC1CCC(NC(=O)CN(C)C(CCO)c2ccccc2)CC1. The number of aliphatic hydroxyl groups excluding tert-OH is 1. The Hall–Kier alpha value is -1.39. The van der Waals surface area contributed by atoms with Crippen molar-refractivity contribution >= 4 is 5.91 Å². The second-order valence-electron chi connectivity index (χ2n) is 6.88. The molecule has 2 rings (SSSR count). The molecule has 0 aliphatic heterocycles. The van der Waals surface area contributed by atoms with E-state index < -0.39 is 0 Å². The molecule has 1 saturated carbocycles. The first kappa shape index (κ1) is 18.0. The molecule has 1 aromatic rings. The Morgan fingerprint density at radius 1 is 1.26 bits per heavy atom. The number of carbonyl (C=O) groups excluding carboxylic acids is 1. The third-order valence-electron chi connectivity index (χ3n) is 4.89. The van der Waals surface area contributed by atoms with Crippen LogP contribution in [0, 0.1) is 5.92 Å². The summed E-state index contributed by atoms with van der Waals surface area (Å²) in [5, 5.41) is 12.5. The minimum absolute atomic E-state index is 0.0679. The van der Waals surface area contributed by atoms with Crippen LogP contribution in [0.2, 0.25) is 0 Å². The van der Waals surface area contributed by atoms with E-state index in [1.807, 2.05) is 30.1 Å². The Kier molecular flexibility index (Phi) is 7.06. The molecule has 0 bridgehead atoms. The van der Waals surface area contributed by atoms with Crippen molar-refractivity contribution in [2.24, 2.45) is 5.92 Å². The van der Waals surface area contributed by atoms with Crippen LogP contribution in [0.5, 0.6) is 0 Å². The number of benzene rings is 1. The van der Waals surface area contributed by atoms with Crippen LogP contribution >= 0.6 is 0 Å². The van der Waals surface area contributed by atoms with Crippen LogP contribution in [0.3, 0.4) is 0 Å². The molecule has 2 N–H and O–H groups in total. The molecule has 1 aliphatic carbocycles. The van der Waals surface area contributed by atoms with Gasteiger partial charge in [-0.05, 0) is 50.6 Å². The number of hydrogen-bond acceptors (Lipinski definition) is 3. The molecule has 1 unspecified atom stereocenters. The highest BCUT2D eigenvalue weighted by molar-refractivity contribution is 5.78. The van der Waals surface area contributed by atoms with Crippen molar-refractivity contribution in [3.8, 4) is 0 Å². The maximum absolute atomic E-state index is 12.3. The minimum atomic E-state index is 0.0679. The lowest BCUT2D eigenvalue weighted by atomic mass is 9.87. The average Bonchev–Trinajstić information content (AvgIpc) is 2.55. The summed E-state index contributed by atoms with van der Waals surface area (Å²) in [5.41, 5.74) is 1.14. The fraction of sp³-hybridized carbons (Fsp3) is 0.632. The highest BCUT2D eigenvalue weighted by Crippen LogP contribution is 2.24. The van der Waals surface area contributed by atoms with E-state index in [1.165, 1.54) is 12.8 Å². The maximum Gasteiger partial charge on any atom is 0.234 e. The van der Waals surface area contributed by atoms with Crippen LogP contribution in [0.4, 0.5) is 0 Å². The number of hydrogen-bond donors (Lipinski definition) is 2. The van der Waals surface area contributed by atoms with Crippen molar-refractivity contribution in [1.29, 1.82) is 0 Å². The minimum Gasteiger partial charge on any atom is -0.396 e. The van der Waals surface area contributed by atoms with Gasteiger partial charge in [-0.25, -0.2) is 0 Å². The largest absolute Gasteiger partial charge is 0.396 e. The molecular weight excluding hydrogens is 288 g/mol. The van der Waals surface area contributed by atoms with E-state index in [0.29, 0.717) is 19.0 Å². The van der Waals surface area contributed by atoms with E-state index >= 15 is 0 Å². The van der Waals surface area contributed by atoms with Gasteiger partial charge >= 0.3 is 0 Å². The molecule has 4 nitrogen and oxygen atoms in total. The summed E-state index contributed by atoms with van der Waals surface area (Å²) in [6, 6.07) is 10.5. The Bertz CT molecular complexity index is 470. The van der Waals surface area contributed by atoms with Gasteiger partial charge in [0.15, 0.2) is 0 Å². The molecule has 1 aromatic carbocycles. The number of nitrogens with one attached hydrogen (secondary N) is 1. The van der Waals surface area contributed by atoms with E-state index in [-0.39, 0.29) is 18.6 Å². The fourth-order valence-corrected chi connectivity index (χ4v) is 3.45. The lowest BCUT2D eigenvalue weighted by Crippen LogP contribution is -2.43. The lowest BCUT2D eigenvalue weighted by molar-refractivity contribution is -0.123. The maximum atomic E-state index is 12.3. The summed E-state index contributed by atoms with van der Waals surface area (Å²) in [6.45, 7) is 2.77. The zero-order valence-electron chi connectivity index (χ0n) is 14.4. The smallest absolute Gasteiger partial charge is 0.234 e.